The molecule has 2 rings (SSSR count). The summed E-state index contributed by atoms with van der Waals surface area (Å²) in [5, 5.41) is 0.723. The SMILES string of the molecule is Nc1ccc(SCCc2cccnc2)c(Cl)c1. The van der Waals surface area contributed by atoms with Gasteiger partial charge in [-0.2, -0.15) is 0 Å². The number of hydrogen-bond acceptors (Lipinski definition) is 3. The van der Waals surface area contributed by atoms with Crippen LogP contribution in [0.3, 0.4) is 0 Å². The van der Waals surface area contributed by atoms with Crippen LogP contribution in [-0.4, -0.2) is 10.7 Å². The molecular weight excluding hydrogens is 252 g/mol. The molecule has 0 atom stereocenters. The van der Waals surface area contributed by atoms with Gasteiger partial charge in [0, 0.05) is 28.7 Å². The average molecular weight is 265 g/mol. The lowest BCUT2D eigenvalue weighted by Gasteiger charge is -2.05. The molecule has 0 radical (unpaired) electrons. The Kier molecular flexibility index (Phi) is 4.29. The zero-order valence-electron chi connectivity index (χ0n) is 9.27. The molecule has 0 spiro atoms. The van der Waals surface area contributed by atoms with E-state index in [4.69, 9.17) is 17.3 Å². The Balaban J connectivity index is 1.90. The van der Waals surface area contributed by atoms with E-state index in [0.717, 1.165) is 22.1 Å². The third-order valence-electron chi connectivity index (χ3n) is 2.33. The van der Waals surface area contributed by atoms with Gasteiger partial charge >= 0.3 is 0 Å². The minimum atomic E-state index is 0.701. The van der Waals surface area contributed by atoms with E-state index < -0.39 is 0 Å². The largest absolute Gasteiger partial charge is 0.399 e. The highest BCUT2D eigenvalue weighted by atomic mass is 35.5. The van der Waals surface area contributed by atoms with Gasteiger partial charge in [0.1, 0.15) is 0 Å². The van der Waals surface area contributed by atoms with E-state index >= 15 is 0 Å². The van der Waals surface area contributed by atoms with Gasteiger partial charge in [0.15, 0.2) is 0 Å². The first-order chi connectivity index (χ1) is 8.25. The van der Waals surface area contributed by atoms with E-state index in [9.17, 15) is 0 Å². The number of aromatic nitrogens is 1. The smallest absolute Gasteiger partial charge is 0.0562 e. The lowest BCUT2D eigenvalue weighted by atomic mass is 10.2. The summed E-state index contributed by atoms with van der Waals surface area (Å²) in [7, 11) is 0. The van der Waals surface area contributed by atoms with E-state index in [1.54, 1.807) is 24.0 Å². The maximum absolute atomic E-state index is 6.10. The molecule has 0 unspecified atom stereocenters. The fourth-order valence-electron chi connectivity index (χ4n) is 1.46. The van der Waals surface area contributed by atoms with Crippen LogP contribution in [0.25, 0.3) is 0 Å². The van der Waals surface area contributed by atoms with Gasteiger partial charge in [-0.1, -0.05) is 17.7 Å². The van der Waals surface area contributed by atoms with Gasteiger partial charge in [-0.05, 0) is 36.2 Å². The zero-order valence-corrected chi connectivity index (χ0v) is 10.8. The van der Waals surface area contributed by atoms with Crippen LogP contribution in [0.2, 0.25) is 5.02 Å². The Hall–Kier alpha value is -1.19. The lowest BCUT2D eigenvalue weighted by Crippen LogP contribution is -1.90. The summed E-state index contributed by atoms with van der Waals surface area (Å²) in [5.74, 6) is 0.981. The average Bonchev–Trinajstić information content (AvgIpc) is 2.33. The summed E-state index contributed by atoms with van der Waals surface area (Å²) in [4.78, 5) is 5.16. The number of halogens is 1. The Labute approximate surface area is 110 Å². The molecule has 0 fully saturated rings. The maximum atomic E-state index is 6.10. The number of nitrogens with two attached hydrogens (primary N) is 1. The Morgan fingerprint density at radius 2 is 2.18 bits per heavy atom. The zero-order chi connectivity index (χ0) is 12.1. The normalized spacial score (nSPS) is 10.4. The molecule has 0 aliphatic heterocycles. The van der Waals surface area contributed by atoms with Crippen molar-refractivity contribution in [3.63, 3.8) is 0 Å². The van der Waals surface area contributed by atoms with Crippen molar-refractivity contribution < 1.29 is 0 Å². The number of thioether (sulfide) groups is 1. The monoisotopic (exact) mass is 264 g/mol. The summed E-state index contributed by atoms with van der Waals surface area (Å²) < 4.78 is 0. The number of hydrogen-bond donors (Lipinski definition) is 1. The van der Waals surface area contributed by atoms with Gasteiger partial charge in [0.05, 0.1) is 5.02 Å². The van der Waals surface area contributed by atoms with Crippen molar-refractivity contribution in [2.75, 3.05) is 11.5 Å². The van der Waals surface area contributed by atoms with Crippen molar-refractivity contribution in [3.05, 3.63) is 53.3 Å². The molecule has 1 aromatic heterocycles. The Bertz CT molecular complexity index is 488. The van der Waals surface area contributed by atoms with Crippen LogP contribution in [0.5, 0.6) is 0 Å². The molecule has 0 aliphatic rings. The third kappa shape index (κ3) is 3.65. The summed E-state index contributed by atoms with van der Waals surface area (Å²) in [6.07, 6.45) is 4.66. The number of rotatable bonds is 4. The van der Waals surface area contributed by atoms with Crippen molar-refractivity contribution >= 4 is 29.1 Å². The molecule has 0 saturated heterocycles. The van der Waals surface area contributed by atoms with Gasteiger partial charge in [-0.3, -0.25) is 4.98 Å². The molecule has 0 amide bonds. The standard InChI is InChI=1S/C13H13ClN2S/c14-12-8-11(15)3-4-13(12)17-7-5-10-2-1-6-16-9-10/h1-4,6,8-9H,5,7,15H2. The first kappa shape index (κ1) is 12.3. The topological polar surface area (TPSA) is 38.9 Å². The first-order valence-electron chi connectivity index (χ1n) is 5.32. The van der Waals surface area contributed by atoms with Crippen LogP contribution < -0.4 is 5.73 Å². The molecule has 1 heterocycles. The Morgan fingerprint density at radius 1 is 1.29 bits per heavy atom. The summed E-state index contributed by atoms with van der Waals surface area (Å²) >= 11 is 7.83. The Morgan fingerprint density at radius 3 is 2.88 bits per heavy atom. The minimum absolute atomic E-state index is 0.701. The second-order valence-electron chi connectivity index (χ2n) is 3.65. The van der Waals surface area contributed by atoms with Crippen LogP contribution in [0.1, 0.15) is 5.56 Å². The molecule has 2 aromatic rings. The van der Waals surface area contributed by atoms with E-state index in [1.807, 2.05) is 24.4 Å². The first-order valence-corrected chi connectivity index (χ1v) is 6.69. The number of benzene rings is 1. The van der Waals surface area contributed by atoms with E-state index in [-0.39, 0.29) is 0 Å². The van der Waals surface area contributed by atoms with Crippen LogP contribution in [-0.2, 0) is 6.42 Å². The second kappa shape index (κ2) is 5.94. The van der Waals surface area contributed by atoms with Crippen molar-refractivity contribution in [1.29, 1.82) is 0 Å². The fraction of sp³-hybridized carbons (Fsp3) is 0.154. The highest BCUT2D eigenvalue weighted by molar-refractivity contribution is 7.99. The highest BCUT2D eigenvalue weighted by Crippen LogP contribution is 2.29. The quantitative estimate of drug-likeness (QED) is 0.677. The van der Waals surface area contributed by atoms with Gasteiger partial charge in [0.25, 0.3) is 0 Å². The molecular formula is C13H13ClN2S. The number of nitrogens with zero attached hydrogens (tertiary/aromatic N) is 1. The van der Waals surface area contributed by atoms with Crippen molar-refractivity contribution in [1.82, 2.24) is 4.98 Å². The predicted octanol–water partition coefficient (Wildman–Crippen LogP) is 3.65. The maximum Gasteiger partial charge on any atom is 0.0562 e. The van der Waals surface area contributed by atoms with Crippen LogP contribution in [0.4, 0.5) is 5.69 Å². The molecule has 0 bridgehead atoms. The van der Waals surface area contributed by atoms with E-state index in [2.05, 4.69) is 11.1 Å². The molecule has 2 N–H and O–H groups in total. The summed E-state index contributed by atoms with van der Waals surface area (Å²) in [6, 6.07) is 9.66. The summed E-state index contributed by atoms with van der Waals surface area (Å²) in [6.45, 7) is 0. The molecule has 2 nitrogen and oxygen atoms in total. The number of anilines is 1. The van der Waals surface area contributed by atoms with E-state index in [0.29, 0.717) is 5.69 Å². The highest BCUT2D eigenvalue weighted by Gasteiger charge is 2.01. The van der Waals surface area contributed by atoms with Crippen molar-refractivity contribution in [3.8, 4) is 0 Å². The van der Waals surface area contributed by atoms with E-state index in [1.165, 1.54) is 5.56 Å². The van der Waals surface area contributed by atoms with Crippen LogP contribution >= 0.6 is 23.4 Å². The van der Waals surface area contributed by atoms with Gasteiger partial charge in [0.2, 0.25) is 0 Å². The minimum Gasteiger partial charge on any atom is -0.399 e. The molecule has 88 valence electrons. The van der Waals surface area contributed by atoms with Crippen molar-refractivity contribution in [2.24, 2.45) is 0 Å². The lowest BCUT2D eigenvalue weighted by molar-refractivity contribution is 1.11. The third-order valence-corrected chi connectivity index (χ3v) is 3.83. The molecule has 0 aliphatic carbocycles. The number of nitrogen functional groups attached to an aromatic ring is 1. The number of aryl methyl sites for hydroxylation is 1. The fourth-order valence-corrected chi connectivity index (χ4v) is 2.73. The second-order valence-corrected chi connectivity index (χ2v) is 5.19. The van der Waals surface area contributed by atoms with Gasteiger partial charge in [-0.25, -0.2) is 0 Å². The predicted molar refractivity (Wildman–Crippen MR) is 74.5 cm³/mol. The number of pyridine rings is 1. The van der Waals surface area contributed by atoms with Gasteiger partial charge < -0.3 is 5.73 Å². The van der Waals surface area contributed by atoms with Crippen molar-refractivity contribution in [2.45, 2.75) is 11.3 Å². The van der Waals surface area contributed by atoms with Gasteiger partial charge in [-0.15, -0.1) is 11.8 Å². The molecule has 0 saturated carbocycles. The molecule has 1 aromatic carbocycles. The van der Waals surface area contributed by atoms with Crippen LogP contribution in [0.15, 0.2) is 47.6 Å². The molecule has 4 heteroatoms. The summed E-state index contributed by atoms with van der Waals surface area (Å²) in [5.41, 5.74) is 7.59. The van der Waals surface area contributed by atoms with Crippen LogP contribution in [0, 0.1) is 0 Å². The molecule has 17 heavy (non-hydrogen) atoms.